The van der Waals surface area contributed by atoms with E-state index in [1.54, 1.807) is 6.92 Å². The van der Waals surface area contributed by atoms with Crippen molar-refractivity contribution in [3.8, 4) is 0 Å². The van der Waals surface area contributed by atoms with Gasteiger partial charge < -0.3 is 5.73 Å². The number of sulfonamides is 1. The molecule has 2 aromatic rings. The van der Waals surface area contributed by atoms with Gasteiger partial charge in [-0.1, -0.05) is 39.7 Å². The topological polar surface area (TPSA) is 72.2 Å². The summed E-state index contributed by atoms with van der Waals surface area (Å²) in [6.07, 6.45) is 0. The molecular formula is C14H14BrClN2O2S. The van der Waals surface area contributed by atoms with Crippen LogP contribution in [0.3, 0.4) is 0 Å². The lowest BCUT2D eigenvalue weighted by Gasteiger charge is -2.15. The summed E-state index contributed by atoms with van der Waals surface area (Å²) in [7, 11) is -3.66. The van der Waals surface area contributed by atoms with Gasteiger partial charge >= 0.3 is 0 Å². The summed E-state index contributed by atoms with van der Waals surface area (Å²) in [5, 5.41) is 0.217. The number of nitrogen functional groups attached to an aromatic ring is 1. The van der Waals surface area contributed by atoms with Crippen molar-refractivity contribution < 1.29 is 8.42 Å². The van der Waals surface area contributed by atoms with E-state index in [1.807, 2.05) is 24.3 Å². The summed E-state index contributed by atoms with van der Waals surface area (Å²) < 4.78 is 28.2. The molecule has 0 aliphatic heterocycles. The van der Waals surface area contributed by atoms with E-state index in [2.05, 4.69) is 20.7 Å². The zero-order valence-electron chi connectivity index (χ0n) is 11.2. The van der Waals surface area contributed by atoms with E-state index in [9.17, 15) is 8.42 Å². The van der Waals surface area contributed by atoms with Crippen LogP contribution in [0, 0.1) is 0 Å². The third-order valence-electron chi connectivity index (χ3n) is 2.98. The van der Waals surface area contributed by atoms with E-state index < -0.39 is 10.0 Å². The number of rotatable bonds is 4. The highest BCUT2D eigenvalue weighted by Gasteiger charge is 2.19. The van der Waals surface area contributed by atoms with Crippen LogP contribution >= 0.6 is 27.5 Å². The zero-order valence-corrected chi connectivity index (χ0v) is 14.3. The molecule has 1 atom stereocenters. The first kappa shape index (κ1) is 16.3. The number of halogens is 2. The van der Waals surface area contributed by atoms with Crippen molar-refractivity contribution >= 4 is 43.2 Å². The third kappa shape index (κ3) is 3.97. The lowest BCUT2D eigenvalue weighted by atomic mass is 10.1. The molecule has 112 valence electrons. The van der Waals surface area contributed by atoms with Gasteiger partial charge in [-0.3, -0.25) is 0 Å². The molecule has 0 aliphatic carbocycles. The fourth-order valence-corrected chi connectivity index (χ4v) is 3.56. The maximum atomic E-state index is 12.3. The smallest absolute Gasteiger partial charge is 0.241 e. The van der Waals surface area contributed by atoms with Crippen LogP contribution in [0.25, 0.3) is 0 Å². The van der Waals surface area contributed by atoms with Gasteiger partial charge in [-0.2, -0.15) is 0 Å². The fraction of sp³-hybridized carbons (Fsp3) is 0.143. The summed E-state index contributed by atoms with van der Waals surface area (Å²) >= 11 is 9.21. The van der Waals surface area contributed by atoms with Gasteiger partial charge in [0.25, 0.3) is 0 Å². The summed E-state index contributed by atoms with van der Waals surface area (Å²) in [5.41, 5.74) is 6.80. The minimum atomic E-state index is -3.66. The summed E-state index contributed by atoms with van der Waals surface area (Å²) in [5.74, 6) is 0. The molecule has 0 amide bonds. The maximum absolute atomic E-state index is 12.3. The molecule has 21 heavy (non-hydrogen) atoms. The molecule has 0 saturated carbocycles. The van der Waals surface area contributed by atoms with E-state index in [1.165, 1.54) is 18.2 Å². The molecule has 2 aromatic carbocycles. The van der Waals surface area contributed by atoms with E-state index in [0.29, 0.717) is 5.69 Å². The predicted molar refractivity (Wildman–Crippen MR) is 88.7 cm³/mol. The molecule has 0 aliphatic rings. The van der Waals surface area contributed by atoms with Crippen LogP contribution in [-0.4, -0.2) is 8.42 Å². The number of hydrogen-bond acceptors (Lipinski definition) is 3. The molecule has 2 rings (SSSR count). The second-order valence-electron chi connectivity index (χ2n) is 4.58. The molecule has 0 aromatic heterocycles. The highest BCUT2D eigenvalue weighted by molar-refractivity contribution is 9.10. The molecule has 0 radical (unpaired) electrons. The Labute approximate surface area is 137 Å². The summed E-state index contributed by atoms with van der Waals surface area (Å²) in [6.45, 7) is 1.78. The van der Waals surface area contributed by atoms with E-state index >= 15 is 0 Å². The molecule has 4 nitrogen and oxygen atoms in total. The van der Waals surface area contributed by atoms with Gasteiger partial charge in [-0.25, -0.2) is 13.1 Å². The number of benzene rings is 2. The first-order valence-corrected chi connectivity index (χ1v) is 8.78. The predicted octanol–water partition coefficient (Wildman–Crippen LogP) is 3.72. The van der Waals surface area contributed by atoms with Crippen LogP contribution in [0.1, 0.15) is 18.5 Å². The molecule has 0 bridgehead atoms. The molecule has 0 spiro atoms. The van der Waals surface area contributed by atoms with Crippen LogP contribution in [0.15, 0.2) is 51.8 Å². The monoisotopic (exact) mass is 388 g/mol. The fourth-order valence-electron chi connectivity index (χ4n) is 1.80. The van der Waals surface area contributed by atoms with Crippen molar-refractivity contribution in [3.05, 3.63) is 57.5 Å². The Bertz CT molecular complexity index is 748. The van der Waals surface area contributed by atoms with Crippen LogP contribution in [0.2, 0.25) is 5.02 Å². The number of anilines is 1. The lowest BCUT2D eigenvalue weighted by molar-refractivity contribution is 0.567. The Morgan fingerprint density at radius 1 is 1.19 bits per heavy atom. The summed E-state index contributed by atoms with van der Waals surface area (Å²) in [6, 6.07) is 11.3. The van der Waals surface area contributed by atoms with Crippen molar-refractivity contribution in [1.82, 2.24) is 4.72 Å². The molecule has 3 N–H and O–H groups in total. The number of hydrogen-bond donors (Lipinski definition) is 2. The minimum Gasteiger partial charge on any atom is -0.398 e. The van der Waals surface area contributed by atoms with Crippen molar-refractivity contribution in [2.24, 2.45) is 0 Å². The number of nitrogens with one attached hydrogen (secondary N) is 1. The van der Waals surface area contributed by atoms with Gasteiger partial charge in [0, 0.05) is 10.5 Å². The van der Waals surface area contributed by atoms with Crippen molar-refractivity contribution in [3.63, 3.8) is 0 Å². The largest absolute Gasteiger partial charge is 0.398 e. The van der Waals surface area contributed by atoms with E-state index in [-0.39, 0.29) is 16.0 Å². The first-order chi connectivity index (χ1) is 9.79. The Balaban J connectivity index is 2.24. The summed E-state index contributed by atoms with van der Waals surface area (Å²) in [4.78, 5) is 0.0886. The second kappa shape index (κ2) is 6.36. The van der Waals surface area contributed by atoms with Crippen LogP contribution in [0.4, 0.5) is 5.69 Å². The normalized spacial score (nSPS) is 13.1. The van der Waals surface area contributed by atoms with Gasteiger partial charge in [0.05, 0.1) is 15.6 Å². The number of nitrogens with two attached hydrogens (primary N) is 1. The average Bonchev–Trinajstić information content (AvgIpc) is 2.42. The molecule has 0 fully saturated rings. The van der Waals surface area contributed by atoms with Gasteiger partial charge in [0.15, 0.2) is 0 Å². The van der Waals surface area contributed by atoms with E-state index in [4.69, 9.17) is 17.3 Å². The maximum Gasteiger partial charge on any atom is 0.241 e. The molecule has 1 unspecified atom stereocenters. The highest BCUT2D eigenvalue weighted by atomic mass is 79.9. The van der Waals surface area contributed by atoms with Crippen LogP contribution < -0.4 is 10.5 Å². The van der Waals surface area contributed by atoms with Crippen molar-refractivity contribution in [2.75, 3.05) is 5.73 Å². The standard InChI is InChI=1S/C14H14BrClN2O2S/c1-9(10-2-4-11(15)5-3-10)18-21(19,20)12-6-7-14(17)13(16)8-12/h2-9,18H,17H2,1H3. The Morgan fingerprint density at radius 3 is 2.38 bits per heavy atom. The van der Waals surface area contributed by atoms with Gasteiger partial charge in [-0.15, -0.1) is 0 Å². The highest BCUT2D eigenvalue weighted by Crippen LogP contribution is 2.24. The van der Waals surface area contributed by atoms with Crippen molar-refractivity contribution in [2.45, 2.75) is 17.9 Å². The average molecular weight is 390 g/mol. The lowest BCUT2D eigenvalue weighted by Crippen LogP contribution is -2.26. The van der Waals surface area contributed by atoms with Crippen molar-refractivity contribution in [1.29, 1.82) is 0 Å². The minimum absolute atomic E-state index is 0.0886. The Kier molecular flexibility index (Phi) is 4.93. The van der Waals surface area contributed by atoms with Gasteiger partial charge in [0.2, 0.25) is 10.0 Å². The van der Waals surface area contributed by atoms with Crippen LogP contribution in [-0.2, 0) is 10.0 Å². The second-order valence-corrected chi connectivity index (χ2v) is 7.61. The first-order valence-electron chi connectivity index (χ1n) is 6.12. The third-order valence-corrected chi connectivity index (χ3v) is 5.38. The molecular weight excluding hydrogens is 376 g/mol. The Morgan fingerprint density at radius 2 is 1.81 bits per heavy atom. The zero-order chi connectivity index (χ0) is 15.6. The van der Waals surface area contributed by atoms with E-state index in [0.717, 1.165) is 10.0 Å². The molecule has 0 saturated heterocycles. The van der Waals surface area contributed by atoms with Gasteiger partial charge in [0.1, 0.15) is 0 Å². The SMILES string of the molecule is CC(NS(=O)(=O)c1ccc(N)c(Cl)c1)c1ccc(Br)cc1. The molecule has 0 heterocycles. The quantitative estimate of drug-likeness (QED) is 0.783. The Hall–Kier alpha value is -1.08. The van der Waals surface area contributed by atoms with Gasteiger partial charge in [-0.05, 0) is 42.8 Å². The van der Waals surface area contributed by atoms with Crippen LogP contribution in [0.5, 0.6) is 0 Å². The molecule has 7 heteroatoms.